The van der Waals surface area contributed by atoms with Crippen molar-refractivity contribution in [1.82, 2.24) is 0 Å². The Balaban J connectivity index is 2.38. The number of aryl methyl sites for hydroxylation is 4. The molecule has 0 fully saturated rings. The van der Waals surface area contributed by atoms with Crippen LogP contribution < -0.4 is 0 Å². The van der Waals surface area contributed by atoms with Crippen molar-refractivity contribution < 1.29 is 10.2 Å². The number of hydrogen-bond acceptors (Lipinski definition) is 2. The standard InChI is InChI=1S/C22H30O2/c1-15-11-19(12-16(2)21(15)7-5-9-23)20-13-17(3)22(8-6-10-24)18(4)14-20/h11-14,23-24H,5-10H2,1-4H3. The van der Waals surface area contributed by atoms with Crippen molar-refractivity contribution in [2.45, 2.75) is 53.4 Å². The SMILES string of the molecule is Cc1cc(-c2cc(C)c(CCCO)c(C)c2)cc(C)c1CCCO. The van der Waals surface area contributed by atoms with Crippen LogP contribution in [0.5, 0.6) is 0 Å². The Morgan fingerprint density at radius 2 is 0.875 bits per heavy atom. The van der Waals surface area contributed by atoms with E-state index in [-0.39, 0.29) is 13.2 Å². The lowest BCUT2D eigenvalue weighted by Crippen LogP contribution is -1.99. The molecule has 2 heteroatoms. The predicted octanol–water partition coefficient (Wildman–Crippen LogP) is 4.44. The van der Waals surface area contributed by atoms with Crippen molar-refractivity contribution in [2.24, 2.45) is 0 Å². The van der Waals surface area contributed by atoms with Gasteiger partial charge in [-0.3, -0.25) is 0 Å². The van der Waals surface area contributed by atoms with Gasteiger partial charge in [-0.25, -0.2) is 0 Å². The van der Waals surface area contributed by atoms with Crippen molar-refractivity contribution in [3.8, 4) is 11.1 Å². The van der Waals surface area contributed by atoms with Gasteiger partial charge in [0.2, 0.25) is 0 Å². The zero-order chi connectivity index (χ0) is 17.7. The molecule has 0 amide bonds. The third-order valence-corrected chi connectivity index (χ3v) is 4.90. The summed E-state index contributed by atoms with van der Waals surface area (Å²) >= 11 is 0. The molecule has 0 bridgehead atoms. The molecule has 0 radical (unpaired) electrons. The van der Waals surface area contributed by atoms with Crippen molar-refractivity contribution >= 4 is 0 Å². The van der Waals surface area contributed by atoms with Crippen molar-refractivity contribution in [1.29, 1.82) is 0 Å². The molecule has 0 spiro atoms. The van der Waals surface area contributed by atoms with E-state index in [1.54, 1.807) is 0 Å². The molecular weight excluding hydrogens is 296 g/mol. The highest BCUT2D eigenvalue weighted by atomic mass is 16.3. The summed E-state index contributed by atoms with van der Waals surface area (Å²) in [5.41, 5.74) is 10.5. The van der Waals surface area contributed by atoms with Gasteiger partial charge in [0.1, 0.15) is 0 Å². The van der Waals surface area contributed by atoms with Crippen molar-refractivity contribution in [3.63, 3.8) is 0 Å². The minimum absolute atomic E-state index is 0.244. The van der Waals surface area contributed by atoms with Crippen LogP contribution in [-0.2, 0) is 12.8 Å². The molecule has 2 rings (SSSR count). The minimum Gasteiger partial charge on any atom is -0.396 e. The van der Waals surface area contributed by atoms with Crippen LogP contribution in [0.3, 0.4) is 0 Å². The van der Waals surface area contributed by atoms with Gasteiger partial charge >= 0.3 is 0 Å². The van der Waals surface area contributed by atoms with Gasteiger partial charge in [0, 0.05) is 13.2 Å². The fourth-order valence-corrected chi connectivity index (χ4v) is 3.62. The molecule has 130 valence electrons. The largest absolute Gasteiger partial charge is 0.396 e. The Kier molecular flexibility index (Phi) is 6.59. The smallest absolute Gasteiger partial charge is 0.0434 e. The lowest BCUT2D eigenvalue weighted by atomic mass is 9.90. The molecular formula is C22H30O2. The Morgan fingerprint density at radius 1 is 0.583 bits per heavy atom. The number of aliphatic hydroxyl groups excluding tert-OH is 2. The molecule has 0 atom stereocenters. The van der Waals surface area contributed by atoms with E-state index in [9.17, 15) is 0 Å². The highest BCUT2D eigenvalue weighted by Gasteiger charge is 2.10. The predicted molar refractivity (Wildman–Crippen MR) is 102 cm³/mol. The van der Waals surface area contributed by atoms with E-state index in [1.807, 2.05) is 0 Å². The van der Waals surface area contributed by atoms with Gasteiger partial charge in [-0.2, -0.15) is 0 Å². The van der Waals surface area contributed by atoms with Gasteiger partial charge in [0.15, 0.2) is 0 Å². The second-order valence-corrected chi connectivity index (χ2v) is 6.83. The van der Waals surface area contributed by atoms with E-state index in [0.717, 1.165) is 25.7 Å². The molecule has 0 aliphatic carbocycles. The van der Waals surface area contributed by atoms with Crippen LogP contribution in [0.15, 0.2) is 24.3 Å². The fourth-order valence-electron chi connectivity index (χ4n) is 3.62. The summed E-state index contributed by atoms with van der Waals surface area (Å²) in [4.78, 5) is 0. The van der Waals surface area contributed by atoms with Crippen molar-refractivity contribution in [2.75, 3.05) is 13.2 Å². The average molecular weight is 326 g/mol. The minimum atomic E-state index is 0.244. The molecule has 0 heterocycles. The first-order valence-electron chi connectivity index (χ1n) is 8.90. The molecule has 0 aromatic heterocycles. The summed E-state index contributed by atoms with van der Waals surface area (Å²) in [5.74, 6) is 0. The summed E-state index contributed by atoms with van der Waals surface area (Å²) in [6, 6.07) is 9.06. The van der Waals surface area contributed by atoms with Gasteiger partial charge in [-0.1, -0.05) is 24.3 Å². The number of aliphatic hydroxyl groups is 2. The van der Waals surface area contributed by atoms with E-state index in [4.69, 9.17) is 10.2 Å². The topological polar surface area (TPSA) is 40.5 Å². The van der Waals surface area contributed by atoms with Crippen LogP contribution in [0, 0.1) is 27.7 Å². The van der Waals surface area contributed by atoms with E-state index in [0.29, 0.717) is 0 Å². The highest BCUT2D eigenvalue weighted by molar-refractivity contribution is 5.68. The maximum Gasteiger partial charge on any atom is 0.0434 e. The second kappa shape index (κ2) is 8.46. The van der Waals surface area contributed by atoms with E-state index in [2.05, 4.69) is 52.0 Å². The molecule has 2 nitrogen and oxygen atoms in total. The summed E-state index contributed by atoms with van der Waals surface area (Å²) in [5, 5.41) is 18.1. The lowest BCUT2D eigenvalue weighted by molar-refractivity contribution is 0.288. The lowest BCUT2D eigenvalue weighted by Gasteiger charge is -2.16. The first-order valence-corrected chi connectivity index (χ1v) is 8.90. The average Bonchev–Trinajstić information content (AvgIpc) is 2.53. The van der Waals surface area contributed by atoms with E-state index >= 15 is 0 Å². The molecule has 0 saturated carbocycles. The van der Waals surface area contributed by atoms with Crippen LogP contribution in [0.25, 0.3) is 11.1 Å². The van der Waals surface area contributed by atoms with Crippen LogP contribution in [-0.4, -0.2) is 23.4 Å². The van der Waals surface area contributed by atoms with Gasteiger partial charge < -0.3 is 10.2 Å². The molecule has 0 aliphatic heterocycles. The third-order valence-electron chi connectivity index (χ3n) is 4.90. The van der Waals surface area contributed by atoms with E-state index < -0.39 is 0 Å². The highest BCUT2D eigenvalue weighted by Crippen LogP contribution is 2.29. The summed E-state index contributed by atoms with van der Waals surface area (Å²) in [7, 11) is 0. The Bertz CT molecular complexity index is 594. The fraction of sp³-hybridized carbons (Fsp3) is 0.455. The Labute approximate surface area is 146 Å². The molecule has 2 aromatic carbocycles. The molecule has 0 saturated heterocycles. The monoisotopic (exact) mass is 326 g/mol. The van der Waals surface area contributed by atoms with Crippen LogP contribution in [0.1, 0.15) is 46.2 Å². The van der Waals surface area contributed by atoms with Crippen LogP contribution >= 0.6 is 0 Å². The first kappa shape index (κ1) is 18.7. The maximum atomic E-state index is 9.07. The van der Waals surface area contributed by atoms with Gasteiger partial charge in [-0.15, -0.1) is 0 Å². The summed E-state index contributed by atoms with van der Waals surface area (Å²) < 4.78 is 0. The summed E-state index contributed by atoms with van der Waals surface area (Å²) in [6.45, 7) is 9.15. The van der Waals surface area contributed by atoms with Gasteiger partial charge in [0.25, 0.3) is 0 Å². The molecule has 0 unspecified atom stereocenters. The quantitative estimate of drug-likeness (QED) is 0.790. The normalized spacial score (nSPS) is 11.1. The van der Waals surface area contributed by atoms with Gasteiger partial charge in [0.05, 0.1) is 0 Å². The number of benzene rings is 2. The zero-order valence-electron chi connectivity index (χ0n) is 15.4. The molecule has 24 heavy (non-hydrogen) atoms. The maximum absolute atomic E-state index is 9.07. The third kappa shape index (κ3) is 4.25. The Morgan fingerprint density at radius 3 is 1.12 bits per heavy atom. The molecule has 0 aliphatic rings. The van der Waals surface area contributed by atoms with Crippen LogP contribution in [0.2, 0.25) is 0 Å². The second-order valence-electron chi connectivity index (χ2n) is 6.83. The molecule has 2 N–H and O–H groups in total. The van der Waals surface area contributed by atoms with E-state index in [1.165, 1.54) is 44.5 Å². The van der Waals surface area contributed by atoms with Crippen LogP contribution in [0.4, 0.5) is 0 Å². The van der Waals surface area contributed by atoms with Crippen molar-refractivity contribution in [3.05, 3.63) is 57.6 Å². The first-order chi connectivity index (χ1) is 11.5. The Hall–Kier alpha value is -1.64. The van der Waals surface area contributed by atoms with Gasteiger partial charge in [-0.05, 0) is 97.9 Å². The zero-order valence-corrected chi connectivity index (χ0v) is 15.4. The molecule has 2 aromatic rings. The summed E-state index contributed by atoms with van der Waals surface area (Å²) in [6.07, 6.45) is 3.51. The number of rotatable bonds is 7. The number of hydrogen-bond donors (Lipinski definition) is 2.